The lowest BCUT2D eigenvalue weighted by Gasteiger charge is -2.19. The molecule has 0 amide bonds. The van der Waals surface area contributed by atoms with Crippen molar-refractivity contribution < 1.29 is 9.13 Å². The summed E-state index contributed by atoms with van der Waals surface area (Å²) in [4.78, 5) is 0. The van der Waals surface area contributed by atoms with Crippen LogP contribution in [0.25, 0.3) is 0 Å². The van der Waals surface area contributed by atoms with Crippen molar-refractivity contribution in [3.63, 3.8) is 0 Å². The second kappa shape index (κ2) is 6.25. The summed E-state index contributed by atoms with van der Waals surface area (Å²) in [5.41, 5.74) is 2.12. The molecule has 0 aliphatic carbocycles. The molecule has 0 radical (unpaired) electrons. The Morgan fingerprint density at radius 1 is 1.25 bits per heavy atom. The highest BCUT2D eigenvalue weighted by molar-refractivity contribution is 6.32. The molecular weight excluding hydrogens is 277 g/mol. The Morgan fingerprint density at radius 3 is 2.60 bits per heavy atom. The van der Waals surface area contributed by atoms with Gasteiger partial charge in [0.25, 0.3) is 0 Å². The number of hydrogen-bond acceptors (Lipinski definition) is 2. The molecule has 0 fully saturated rings. The van der Waals surface area contributed by atoms with Crippen molar-refractivity contribution >= 4 is 11.6 Å². The summed E-state index contributed by atoms with van der Waals surface area (Å²) in [6, 6.07) is 10.6. The number of hydrogen-bond donors (Lipinski definition) is 1. The van der Waals surface area contributed by atoms with Crippen LogP contribution >= 0.6 is 11.6 Å². The van der Waals surface area contributed by atoms with Crippen LogP contribution in [-0.2, 0) is 0 Å². The van der Waals surface area contributed by atoms with Crippen molar-refractivity contribution in [2.75, 3.05) is 14.2 Å². The number of halogens is 2. The highest BCUT2D eigenvalue weighted by Gasteiger charge is 2.18. The Morgan fingerprint density at radius 2 is 2.00 bits per heavy atom. The highest BCUT2D eigenvalue weighted by Crippen LogP contribution is 2.31. The van der Waals surface area contributed by atoms with Crippen molar-refractivity contribution in [3.8, 4) is 5.75 Å². The smallest absolute Gasteiger partial charge is 0.137 e. The molecule has 0 aliphatic heterocycles. The molecule has 0 spiro atoms. The van der Waals surface area contributed by atoms with Crippen LogP contribution in [0.1, 0.15) is 22.7 Å². The van der Waals surface area contributed by atoms with Crippen LogP contribution in [0.15, 0.2) is 36.4 Å². The predicted octanol–water partition coefficient (Wildman–Crippen LogP) is 4.10. The van der Waals surface area contributed by atoms with Crippen molar-refractivity contribution in [1.29, 1.82) is 0 Å². The second-order valence-corrected chi connectivity index (χ2v) is 5.00. The summed E-state index contributed by atoms with van der Waals surface area (Å²) in [5.74, 6) is 0.411. The Balaban J connectivity index is 2.47. The van der Waals surface area contributed by atoms with Crippen molar-refractivity contribution in [1.82, 2.24) is 5.32 Å². The monoisotopic (exact) mass is 293 g/mol. The molecule has 20 heavy (non-hydrogen) atoms. The van der Waals surface area contributed by atoms with Crippen LogP contribution in [-0.4, -0.2) is 14.2 Å². The highest BCUT2D eigenvalue weighted by atomic mass is 35.5. The van der Waals surface area contributed by atoms with Crippen molar-refractivity contribution in [3.05, 3.63) is 63.9 Å². The van der Waals surface area contributed by atoms with Gasteiger partial charge in [-0.3, -0.25) is 0 Å². The predicted molar refractivity (Wildman–Crippen MR) is 80.0 cm³/mol. The molecule has 4 heteroatoms. The van der Waals surface area contributed by atoms with Gasteiger partial charge in [-0.2, -0.15) is 0 Å². The van der Waals surface area contributed by atoms with E-state index in [4.69, 9.17) is 16.3 Å². The number of aryl methyl sites for hydroxylation is 1. The van der Waals surface area contributed by atoms with Gasteiger partial charge in [-0.15, -0.1) is 0 Å². The van der Waals surface area contributed by atoms with E-state index in [9.17, 15) is 4.39 Å². The fourth-order valence-corrected chi connectivity index (χ4v) is 2.52. The van der Waals surface area contributed by atoms with E-state index in [0.29, 0.717) is 21.9 Å². The Bertz CT molecular complexity index is 615. The molecule has 2 rings (SSSR count). The molecule has 2 nitrogen and oxygen atoms in total. The third-order valence-corrected chi connectivity index (χ3v) is 3.63. The average molecular weight is 294 g/mol. The molecular formula is C16H17ClFNO. The standard InChI is InChI=1S/C16H17ClFNO/c1-10-5-4-6-12(15(10)18)16(19-2)11-7-8-14(20-3)13(17)9-11/h4-9,16,19H,1-3H3. The van der Waals surface area contributed by atoms with E-state index in [1.807, 2.05) is 12.1 Å². The maximum absolute atomic E-state index is 14.3. The van der Waals surface area contributed by atoms with Gasteiger partial charge in [0.2, 0.25) is 0 Å². The summed E-state index contributed by atoms with van der Waals surface area (Å²) in [6.07, 6.45) is 0. The molecule has 0 saturated heterocycles. The van der Waals surface area contributed by atoms with Crippen LogP contribution < -0.4 is 10.1 Å². The normalized spacial score (nSPS) is 12.2. The van der Waals surface area contributed by atoms with E-state index in [1.165, 1.54) is 0 Å². The third-order valence-electron chi connectivity index (χ3n) is 3.33. The van der Waals surface area contributed by atoms with Crippen molar-refractivity contribution in [2.24, 2.45) is 0 Å². The van der Waals surface area contributed by atoms with E-state index in [0.717, 1.165) is 5.56 Å². The van der Waals surface area contributed by atoms with E-state index < -0.39 is 0 Å². The first-order valence-corrected chi connectivity index (χ1v) is 6.72. The summed E-state index contributed by atoms with van der Waals surface area (Å²) in [5, 5.41) is 3.64. The molecule has 1 unspecified atom stereocenters. The zero-order chi connectivity index (χ0) is 14.7. The number of benzene rings is 2. The van der Waals surface area contributed by atoms with Crippen LogP contribution in [0.4, 0.5) is 4.39 Å². The molecule has 1 N–H and O–H groups in total. The SMILES string of the molecule is CNC(c1ccc(OC)c(Cl)c1)c1cccc(C)c1F. The molecule has 0 heterocycles. The lowest BCUT2D eigenvalue weighted by Crippen LogP contribution is -2.19. The quantitative estimate of drug-likeness (QED) is 0.916. The lowest BCUT2D eigenvalue weighted by atomic mass is 9.96. The number of ether oxygens (including phenoxy) is 1. The summed E-state index contributed by atoms with van der Waals surface area (Å²) in [6.45, 7) is 1.76. The first kappa shape index (κ1) is 14.8. The van der Waals surface area contributed by atoms with Gasteiger partial charge in [0, 0.05) is 5.56 Å². The van der Waals surface area contributed by atoms with E-state index in [-0.39, 0.29) is 11.9 Å². The average Bonchev–Trinajstić information content (AvgIpc) is 2.44. The van der Waals surface area contributed by atoms with Crippen LogP contribution in [0.3, 0.4) is 0 Å². The van der Waals surface area contributed by atoms with E-state index in [2.05, 4.69) is 5.32 Å². The van der Waals surface area contributed by atoms with Crippen LogP contribution in [0, 0.1) is 12.7 Å². The van der Waals surface area contributed by atoms with Gasteiger partial charge in [-0.1, -0.05) is 35.9 Å². The molecule has 0 aliphatic rings. The lowest BCUT2D eigenvalue weighted by molar-refractivity contribution is 0.414. The van der Waals surface area contributed by atoms with Crippen LogP contribution in [0.5, 0.6) is 5.75 Å². The minimum atomic E-state index is -0.252. The fourth-order valence-electron chi connectivity index (χ4n) is 2.26. The topological polar surface area (TPSA) is 21.3 Å². The largest absolute Gasteiger partial charge is 0.495 e. The minimum absolute atomic E-state index is 0.196. The van der Waals surface area contributed by atoms with Crippen molar-refractivity contribution in [2.45, 2.75) is 13.0 Å². The molecule has 2 aromatic carbocycles. The molecule has 0 saturated carbocycles. The maximum atomic E-state index is 14.3. The molecule has 2 aromatic rings. The third kappa shape index (κ3) is 2.79. The van der Waals surface area contributed by atoms with Gasteiger partial charge in [-0.25, -0.2) is 4.39 Å². The number of rotatable bonds is 4. The van der Waals surface area contributed by atoms with Gasteiger partial charge in [0.15, 0.2) is 0 Å². The first-order valence-electron chi connectivity index (χ1n) is 6.34. The fraction of sp³-hybridized carbons (Fsp3) is 0.250. The minimum Gasteiger partial charge on any atom is -0.495 e. The molecule has 1 atom stereocenters. The Labute approximate surface area is 123 Å². The zero-order valence-corrected chi connectivity index (χ0v) is 12.5. The van der Waals surface area contributed by atoms with E-state index in [1.54, 1.807) is 45.3 Å². The maximum Gasteiger partial charge on any atom is 0.137 e. The summed E-state index contributed by atoms with van der Waals surface area (Å²) < 4.78 is 19.4. The Kier molecular flexibility index (Phi) is 4.63. The Hall–Kier alpha value is -1.58. The molecule has 0 bridgehead atoms. The zero-order valence-electron chi connectivity index (χ0n) is 11.7. The molecule has 0 aromatic heterocycles. The number of nitrogens with one attached hydrogen (secondary N) is 1. The second-order valence-electron chi connectivity index (χ2n) is 4.59. The molecule has 106 valence electrons. The number of methoxy groups -OCH3 is 1. The van der Waals surface area contributed by atoms with Gasteiger partial charge >= 0.3 is 0 Å². The summed E-state index contributed by atoms with van der Waals surface area (Å²) in [7, 11) is 3.36. The summed E-state index contributed by atoms with van der Waals surface area (Å²) >= 11 is 6.14. The van der Waals surface area contributed by atoms with Gasteiger partial charge < -0.3 is 10.1 Å². The van der Waals surface area contributed by atoms with Gasteiger partial charge in [0.1, 0.15) is 11.6 Å². The van der Waals surface area contributed by atoms with Gasteiger partial charge in [-0.05, 0) is 37.2 Å². The van der Waals surface area contributed by atoms with E-state index >= 15 is 0 Å². The first-order chi connectivity index (χ1) is 9.58. The van der Waals surface area contributed by atoms with Crippen LogP contribution in [0.2, 0.25) is 5.02 Å². The van der Waals surface area contributed by atoms with Gasteiger partial charge in [0.05, 0.1) is 18.2 Å².